The summed E-state index contributed by atoms with van der Waals surface area (Å²) in [4.78, 5) is 0. The molecule has 1 aliphatic carbocycles. The second-order valence-corrected chi connectivity index (χ2v) is 7.80. The van der Waals surface area contributed by atoms with E-state index in [4.69, 9.17) is 0 Å². The molecule has 5 heteroatoms. The van der Waals surface area contributed by atoms with Gasteiger partial charge in [0.25, 0.3) is 0 Å². The van der Waals surface area contributed by atoms with E-state index in [0.29, 0.717) is 19.1 Å². The minimum Gasteiger partial charge on any atom is -0.310 e. The maximum Gasteiger partial charge on any atom is 0.218 e. The van der Waals surface area contributed by atoms with Crippen molar-refractivity contribution in [2.24, 2.45) is 0 Å². The van der Waals surface area contributed by atoms with E-state index in [9.17, 15) is 8.42 Å². The number of hydrogen-bond donors (Lipinski definition) is 1. The van der Waals surface area contributed by atoms with Crippen LogP contribution in [-0.2, 0) is 22.3 Å². The summed E-state index contributed by atoms with van der Waals surface area (Å²) in [5.74, 6) is 0.128. The van der Waals surface area contributed by atoms with Gasteiger partial charge in [-0.05, 0) is 36.8 Å². The first kappa shape index (κ1) is 14.0. The standard InChI is InChI=1S/C15H22N2O2S/c18-20(19,17-9-1-2-10-17)12-14-5-3-13(4-6-14)11-16-15-7-8-15/h3-6,15-16H,1-2,7-12H2. The lowest BCUT2D eigenvalue weighted by Gasteiger charge is -2.15. The van der Waals surface area contributed by atoms with Crippen molar-refractivity contribution in [2.75, 3.05) is 13.1 Å². The van der Waals surface area contributed by atoms with Crippen molar-refractivity contribution in [3.63, 3.8) is 0 Å². The lowest BCUT2D eigenvalue weighted by molar-refractivity contribution is 0.476. The van der Waals surface area contributed by atoms with E-state index in [2.05, 4.69) is 5.32 Å². The average Bonchev–Trinajstić information content (AvgIpc) is 3.08. The second-order valence-electron chi connectivity index (χ2n) is 5.83. The van der Waals surface area contributed by atoms with Crippen molar-refractivity contribution < 1.29 is 8.42 Å². The van der Waals surface area contributed by atoms with Crippen molar-refractivity contribution in [1.82, 2.24) is 9.62 Å². The molecule has 2 fully saturated rings. The molecule has 1 saturated heterocycles. The van der Waals surface area contributed by atoms with E-state index in [0.717, 1.165) is 24.9 Å². The molecule has 1 aromatic carbocycles. The Morgan fingerprint density at radius 2 is 1.65 bits per heavy atom. The van der Waals surface area contributed by atoms with Crippen LogP contribution in [0.1, 0.15) is 36.8 Å². The molecule has 0 spiro atoms. The predicted octanol–water partition coefficient (Wildman–Crippen LogP) is 1.86. The molecule has 0 amide bonds. The minimum absolute atomic E-state index is 0.128. The Balaban J connectivity index is 1.59. The number of nitrogens with zero attached hydrogens (tertiary/aromatic N) is 1. The highest BCUT2D eigenvalue weighted by atomic mass is 32.2. The van der Waals surface area contributed by atoms with Gasteiger partial charge in [-0.25, -0.2) is 12.7 Å². The van der Waals surface area contributed by atoms with E-state index < -0.39 is 10.0 Å². The van der Waals surface area contributed by atoms with Crippen LogP contribution in [0, 0.1) is 0 Å². The predicted molar refractivity (Wildman–Crippen MR) is 79.7 cm³/mol. The summed E-state index contributed by atoms with van der Waals surface area (Å²) < 4.78 is 26.1. The highest BCUT2D eigenvalue weighted by Gasteiger charge is 2.25. The largest absolute Gasteiger partial charge is 0.310 e. The zero-order chi connectivity index (χ0) is 14.0. The smallest absolute Gasteiger partial charge is 0.218 e. The Morgan fingerprint density at radius 1 is 1.05 bits per heavy atom. The van der Waals surface area contributed by atoms with Gasteiger partial charge in [-0.2, -0.15) is 0 Å². The molecule has 2 aliphatic rings. The molecule has 0 bridgehead atoms. The molecule has 110 valence electrons. The first-order valence-electron chi connectivity index (χ1n) is 7.42. The van der Waals surface area contributed by atoms with Gasteiger partial charge in [-0.3, -0.25) is 0 Å². The summed E-state index contributed by atoms with van der Waals surface area (Å²) in [5, 5.41) is 3.46. The third-order valence-corrected chi connectivity index (χ3v) is 5.85. The summed E-state index contributed by atoms with van der Waals surface area (Å²) in [6, 6.07) is 8.65. The van der Waals surface area contributed by atoms with Crippen LogP contribution in [-0.4, -0.2) is 31.9 Å². The molecule has 0 unspecified atom stereocenters. The Bertz CT molecular complexity index is 544. The zero-order valence-electron chi connectivity index (χ0n) is 11.7. The number of rotatable bonds is 6. The van der Waals surface area contributed by atoms with Crippen LogP contribution >= 0.6 is 0 Å². The second kappa shape index (κ2) is 5.84. The van der Waals surface area contributed by atoms with Gasteiger partial charge in [-0.1, -0.05) is 24.3 Å². The number of benzene rings is 1. The Morgan fingerprint density at radius 3 is 2.25 bits per heavy atom. The first-order valence-corrected chi connectivity index (χ1v) is 9.03. The van der Waals surface area contributed by atoms with Crippen molar-refractivity contribution in [3.8, 4) is 0 Å². The van der Waals surface area contributed by atoms with Crippen LogP contribution in [0.15, 0.2) is 24.3 Å². The van der Waals surface area contributed by atoms with E-state index >= 15 is 0 Å². The van der Waals surface area contributed by atoms with E-state index in [1.54, 1.807) is 4.31 Å². The molecule has 4 nitrogen and oxygen atoms in total. The summed E-state index contributed by atoms with van der Waals surface area (Å²) >= 11 is 0. The molecule has 0 radical (unpaired) electrons. The van der Waals surface area contributed by atoms with Gasteiger partial charge in [-0.15, -0.1) is 0 Å². The summed E-state index contributed by atoms with van der Waals surface area (Å²) in [6.45, 7) is 2.25. The van der Waals surface area contributed by atoms with Gasteiger partial charge >= 0.3 is 0 Å². The summed E-state index contributed by atoms with van der Waals surface area (Å²) in [6.07, 6.45) is 4.55. The van der Waals surface area contributed by atoms with Crippen LogP contribution in [0.2, 0.25) is 0 Å². The Kier molecular flexibility index (Phi) is 4.10. The van der Waals surface area contributed by atoms with Crippen LogP contribution in [0.4, 0.5) is 0 Å². The molecule has 1 saturated carbocycles. The maximum absolute atomic E-state index is 12.2. The molecule has 1 N–H and O–H groups in total. The van der Waals surface area contributed by atoms with Crippen LogP contribution in [0.3, 0.4) is 0 Å². The molecular formula is C15H22N2O2S. The highest BCUT2D eigenvalue weighted by Crippen LogP contribution is 2.20. The normalized spacial score (nSPS) is 20.4. The van der Waals surface area contributed by atoms with Gasteiger partial charge in [0.05, 0.1) is 5.75 Å². The fourth-order valence-electron chi connectivity index (χ4n) is 2.57. The van der Waals surface area contributed by atoms with E-state index in [1.807, 2.05) is 24.3 Å². The molecular weight excluding hydrogens is 272 g/mol. The molecule has 1 heterocycles. The van der Waals surface area contributed by atoms with Crippen LogP contribution in [0.5, 0.6) is 0 Å². The topological polar surface area (TPSA) is 49.4 Å². The molecule has 3 rings (SSSR count). The van der Waals surface area contributed by atoms with E-state index in [-0.39, 0.29) is 5.75 Å². The number of sulfonamides is 1. The Hall–Kier alpha value is -0.910. The lowest BCUT2D eigenvalue weighted by Crippen LogP contribution is -2.29. The van der Waals surface area contributed by atoms with Gasteiger partial charge in [0.2, 0.25) is 10.0 Å². The lowest BCUT2D eigenvalue weighted by atomic mass is 10.1. The van der Waals surface area contributed by atoms with E-state index in [1.165, 1.54) is 18.4 Å². The third-order valence-electron chi connectivity index (χ3n) is 4.00. The van der Waals surface area contributed by atoms with Crippen molar-refractivity contribution >= 4 is 10.0 Å². The van der Waals surface area contributed by atoms with Crippen LogP contribution in [0.25, 0.3) is 0 Å². The maximum atomic E-state index is 12.2. The third kappa shape index (κ3) is 3.59. The number of nitrogens with one attached hydrogen (secondary N) is 1. The summed E-state index contributed by atoms with van der Waals surface area (Å²) in [7, 11) is -3.12. The van der Waals surface area contributed by atoms with Gasteiger partial charge < -0.3 is 5.32 Å². The Labute approximate surface area is 121 Å². The number of hydrogen-bond acceptors (Lipinski definition) is 3. The van der Waals surface area contributed by atoms with Crippen molar-refractivity contribution in [2.45, 2.75) is 44.0 Å². The summed E-state index contributed by atoms with van der Waals surface area (Å²) in [5.41, 5.74) is 2.10. The molecule has 0 atom stereocenters. The monoisotopic (exact) mass is 294 g/mol. The van der Waals surface area contributed by atoms with Gasteiger partial charge in [0, 0.05) is 25.7 Å². The van der Waals surface area contributed by atoms with Gasteiger partial charge in [0.1, 0.15) is 0 Å². The first-order chi connectivity index (χ1) is 9.63. The van der Waals surface area contributed by atoms with Crippen molar-refractivity contribution in [1.29, 1.82) is 0 Å². The minimum atomic E-state index is -3.12. The van der Waals surface area contributed by atoms with Crippen molar-refractivity contribution in [3.05, 3.63) is 35.4 Å². The molecule has 20 heavy (non-hydrogen) atoms. The quantitative estimate of drug-likeness (QED) is 0.871. The molecule has 1 aromatic rings. The van der Waals surface area contributed by atoms with Crippen LogP contribution < -0.4 is 5.32 Å². The SMILES string of the molecule is O=S(=O)(Cc1ccc(CNC2CC2)cc1)N1CCCC1. The van der Waals surface area contributed by atoms with Gasteiger partial charge in [0.15, 0.2) is 0 Å². The molecule has 1 aliphatic heterocycles. The zero-order valence-corrected chi connectivity index (χ0v) is 12.5. The fraction of sp³-hybridized carbons (Fsp3) is 0.600. The highest BCUT2D eigenvalue weighted by molar-refractivity contribution is 7.88. The molecule has 0 aromatic heterocycles. The average molecular weight is 294 g/mol. The fourth-order valence-corrected chi connectivity index (χ4v) is 4.18.